The minimum Gasteiger partial charge on any atom is -0.477 e. The summed E-state index contributed by atoms with van der Waals surface area (Å²) in [7, 11) is 0. The van der Waals surface area contributed by atoms with Crippen molar-refractivity contribution in [2.24, 2.45) is 0 Å². The fourth-order valence-electron chi connectivity index (χ4n) is 1.97. The largest absolute Gasteiger partial charge is 0.477 e. The van der Waals surface area contributed by atoms with E-state index >= 15 is 0 Å². The van der Waals surface area contributed by atoms with E-state index in [0.717, 1.165) is 5.57 Å². The number of nitrogens with zero attached hydrogens (tertiary/aromatic N) is 3. The van der Waals surface area contributed by atoms with Crippen LogP contribution in [0.25, 0.3) is 5.57 Å². The maximum absolute atomic E-state index is 12.0. The average molecular weight is 480 g/mol. The van der Waals surface area contributed by atoms with Crippen molar-refractivity contribution in [3.05, 3.63) is 28.6 Å². The first kappa shape index (κ1) is 63.1. The van der Waals surface area contributed by atoms with E-state index in [2.05, 4.69) is 15.4 Å². The minimum atomic E-state index is -1.09. The molecule has 1 aromatic heterocycles. The maximum atomic E-state index is 12.0. The Bertz CT molecular complexity index is 623. The molecule has 2 aliphatic rings. The van der Waals surface area contributed by atoms with Gasteiger partial charge in [0.25, 0.3) is 5.91 Å². The van der Waals surface area contributed by atoms with Crippen LogP contribution in [0.2, 0.25) is 0 Å². The fraction of sp³-hybridized carbons (Fsp3) is 0.200. The molecule has 0 saturated carbocycles. The fourth-order valence-corrected chi connectivity index (χ4v) is 3.19. The number of β-lactam (4-membered cyclic amide) rings is 1. The van der Waals surface area contributed by atoms with E-state index < -0.39 is 5.97 Å². The Kier molecular flexibility index (Phi) is 47.8. The molecule has 0 unspecified atom stereocenters. The van der Waals surface area contributed by atoms with Gasteiger partial charge in [0.15, 0.2) is 0 Å². The quantitative estimate of drug-likeness (QED) is 0.305. The SMILES string of the molecule is C/C(=C1\C(=O)N2C(C(=O)O)=CS[C@H]12)c1cn[nH]n1.O.O.O.O.O.O.O.O.O.O.O.O. The van der Waals surface area contributed by atoms with Crippen LogP contribution in [0.4, 0.5) is 0 Å². The van der Waals surface area contributed by atoms with Crippen LogP contribution in [-0.2, 0) is 9.59 Å². The molecule has 30 heavy (non-hydrogen) atoms. The molecule has 19 nitrogen and oxygen atoms in total. The number of H-pyrrole nitrogens is 1. The van der Waals surface area contributed by atoms with Gasteiger partial charge in [-0.25, -0.2) is 4.79 Å². The van der Waals surface area contributed by atoms with Gasteiger partial charge in [-0.1, -0.05) is 0 Å². The number of aromatic nitrogens is 3. The van der Waals surface area contributed by atoms with E-state index in [1.165, 1.54) is 28.3 Å². The van der Waals surface area contributed by atoms with Crippen molar-refractivity contribution in [3.63, 3.8) is 0 Å². The van der Waals surface area contributed by atoms with Crippen LogP contribution < -0.4 is 0 Å². The molecule has 0 aliphatic carbocycles. The summed E-state index contributed by atoms with van der Waals surface area (Å²) in [5.41, 5.74) is 1.94. The summed E-state index contributed by atoms with van der Waals surface area (Å²) >= 11 is 1.31. The number of thioether (sulfide) groups is 1. The Morgan fingerprint density at radius 3 is 1.83 bits per heavy atom. The summed E-state index contributed by atoms with van der Waals surface area (Å²) in [5.74, 6) is -1.37. The molecule has 2 aliphatic heterocycles. The zero-order valence-electron chi connectivity index (χ0n) is 15.2. The lowest BCUT2D eigenvalue weighted by molar-refractivity contribution is -0.141. The van der Waals surface area contributed by atoms with E-state index in [1.807, 2.05) is 0 Å². The summed E-state index contributed by atoms with van der Waals surface area (Å²) in [4.78, 5) is 24.2. The van der Waals surface area contributed by atoms with Crippen molar-refractivity contribution >= 4 is 29.2 Å². The van der Waals surface area contributed by atoms with E-state index in [-0.39, 0.29) is 82.7 Å². The monoisotopic (exact) mass is 480 g/mol. The Balaban J connectivity index is -0.0000000417. The van der Waals surface area contributed by atoms with Crippen LogP contribution in [0.3, 0.4) is 0 Å². The zero-order chi connectivity index (χ0) is 12.9. The lowest BCUT2D eigenvalue weighted by atomic mass is 9.98. The molecule has 0 radical (unpaired) electrons. The van der Waals surface area contributed by atoms with Gasteiger partial charge in [0.05, 0.1) is 11.8 Å². The minimum absolute atomic E-state index is 0. The number of carboxylic acid groups (broad SMARTS) is 1. The third-order valence-corrected chi connectivity index (χ3v) is 3.98. The van der Waals surface area contributed by atoms with Crippen LogP contribution in [0, 0.1) is 0 Å². The molecule has 1 fully saturated rings. The molecule has 0 aromatic carbocycles. The molecule has 1 saturated heterocycles. The molecule has 0 spiro atoms. The van der Waals surface area contributed by atoms with Crippen molar-refractivity contribution < 1.29 is 80.4 Å². The van der Waals surface area contributed by atoms with E-state index in [0.29, 0.717) is 11.3 Å². The lowest BCUT2D eigenvalue weighted by Crippen LogP contribution is -2.51. The van der Waals surface area contributed by atoms with E-state index in [9.17, 15) is 9.59 Å². The highest BCUT2D eigenvalue weighted by Crippen LogP contribution is 2.46. The Labute approximate surface area is 171 Å². The Hall–Kier alpha value is -2.57. The normalized spacial score (nSPS) is 14.7. The lowest BCUT2D eigenvalue weighted by Gasteiger charge is -2.38. The van der Waals surface area contributed by atoms with Gasteiger partial charge in [-0.15, -0.1) is 11.8 Å². The number of hydrogen-bond donors (Lipinski definition) is 2. The zero-order valence-corrected chi connectivity index (χ0v) is 16.1. The standard InChI is InChI=1S/C10H8N4O3S.12H2O/c1-4(5-2-11-13-12-5)7-8(15)14-6(10(16)17)3-18-9(7)14;;;;;;;;;;;;/h2-3,9H,1H3,(H,16,17)(H,11,12,13);12*1H2/b7-4-;;;;;;;;;;;;/t9-;;;;;;;;;;;;/m1............/s1. The second kappa shape index (κ2) is 22.7. The molecule has 1 atom stereocenters. The summed E-state index contributed by atoms with van der Waals surface area (Å²) in [6, 6.07) is 0. The Morgan fingerprint density at radius 2 is 1.47 bits per heavy atom. The van der Waals surface area contributed by atoms with Gasteiger partial charge in [0.2, 0.25) is 0 Å². The molecule has 3 rings (SSSR count). The van der Waals surface area contributed by atoms with Crippen LogP contribution in [-0.4, -0.2) is 108 Å². The smallest absolute Gasteiger partial charge is 0.353 e. The number of aliphatic carboxylic acids is 1. The highest BCUT2D eigenvalue weighted by Gasteiger charge is 2.50. The van der Waals surface area contributed by atoms with Gasteiger partial charge in [0.1, 0.15) is 16.8 Å². The van der Waals surface area contributed by atoms with E-state index in [1.54, 1.807) is 6.92 Å². The highest BCUT2D eigenvalue weighted by molar-refractivity contribution is 8.03. The number of aromatic amines is 1. The number of carbonyl (C=O) groups is 2. The van der Waals surface area contributed by atoms with Gasteiger partial charge in [-0.05, 0) is 12.5 Å². The maximum Gasteiger partial charge on any atom is 0.353 e. The van der Waals surface area contributed by atoms with Crippen molar-refractivity contribution in [1.29, 1.82) is 0 Å². The number of allylic oxidation sites excluding steroid dienone is 1. The molecule has 1 aromatic rings. The van der Waals surface area contributed by atoms with Crippen LogP contribution in [0.15, 0.2) is 22.9 Å². The van der Waals surface area contributed by atoms with Gasteiger partial charge >= 0.3 is 5.97 Å². The molecular formula is C10H32N4O15S. The average Bonchev–Trinajstić information content (AvgIpc) is 2.95. The van der Waals surface area contributed by atoms with Crippen molar-refractivity contribution in [2.45, 2.75) is 12.3 Å². The summed E-state index contributed by atoms with van der Waals surface area (Å²) in [5, 5.41) is 20.3. The topological polar surface area (TPSA) is 477 Å². The van der Waals surface area contributed by atoms with Crippen LogP contribution in [0.5, 0.6) is 0 Å². The van der Waals surface area contributed by atoms with Gasteiger partial charge in [-0.3, -0.25) is 9.69 Å². The molecule has 3 heterocycles. The number of carboxylic acids is 1. The number of fused-ring (bicyclic) bond motifs is 1. The van der Waals surface area contributed by atoms with Gasteiger partial charge < -0.3 is 70.8 Å². The molecular weight excluding hydrogens is 448 g/mol. The molecule has 1 amide bonds. The third-order valence-electron chi connectivity index (χ3n) is 2.92. The number of carbonyl (C=O) groups excluding carboxylic acids is 1. The number of hydrogen-bond acceptors (Lipinski definition) is 5. The number of amides is 1. The van der Waals surface area contributed by atoms with Crippen LogP contribution in [0.1, 0.15) is 12.6 Å². The predicted molar refractivity (Wildman–Crippen MR) is 106 cm³/mol. The first-order valence-corrected chi connectivity index (χ1v) is 6.05. The second-order valence-corrected chi connectivity index (χ2v) is 4.82. The van der Waals surface area contributed by atoms with Gasteiger partial charge in [-0.2, -0.15) is 15.4 Å². The summed E-state index contributed by atoms with van der Waals surface area (Å²) < 4.78 is 0. The molecule has 188 valence electrons. The summed E-state index contributed by atoms with van der Waals surface area (Å²) in [6.45, 7) is 1.78. The van der Waals surface area contributed by atoms with Gasteiger partial charge in [0, 0.05) is 5.41 Å². The first-order valence-electron chi connectivity index (χ1n) is 5.10. The molecule has 0 bridgehead atoms. The first-order chi connectivity index (χ1) is 8.61. The van der Waals surface area contributed by atoms with Crippen LogP contribution >= 0.6 is 11.8 Å². The van der Waals surface area contributed by atoms with E-state index in [4.69, 9.17) is 5.11 Å². The molecule has 20 heteroatoms. The number of nitrogens with one attached hydrogen (secondary N) is 1. The highest BCUT2D eigenvalue weighted by atomic mass is 32.2. The Morgan fingerprint density at radius 1 is 1.00 bits per heavy atom. The second-order valence-electron chi connectivity index (χ2n) is 3.87. The predicted octanol–water partition coefficient (Wildman–Crippen LogP) is -9.48. The van der Waals surface area contributed by atoms with Crippen molar-refractivity contribution in [2.75, 3.05) is 0 Å². The van der Waals surface area contributed by atoms with Crippen molar-refractivity contribution in [3.8, 4) is 0 Å². The number of rotatable bonds is 2. The van der Waals surface area contributed by atoms with Crippen molar-refractivity contribution in [1.82, 2.24) is 20.3 Å². The third kappa shape index (κ3) is 8.84. The summed E-state index contributed by atoms with van der Waals surface area (Å²) in [6.07, 6.45) is 1.53. The molecule has 26 N–H and O–H groups in total.